The van der Waals surface area contributed by atoms with Crippen molar-refractivity contribution in [2.45, 2.75) is 38.5 Å². The van der Waals surface area contributed by atoms with Gasteiger partial charge in [0.15, 0.2) is 0 Å². The molecule has 110 heavy (non-hydrogen) atoms. The van der Waals surface area contributed by atoms with E-state index in [0.717, 1.165) is 44.7 Å². The van der Waals surface area contributed by atoms with Crippen LogP contribution in [0.2, 0.25) is 0 Å². The van der Waals surface area contributed by atoms with E-state index in [4.69, 9.17) is 4.42 Å². The first-order valence-corrected chi connectivity index (χ1v) is 39.0. The lowest BCUT2D eigenvalue weighted by molar-refractivity contribution is 0.660. The van der Waals surface area contributed by atoms with Crippen LogP contribution in [-0.4, -0.2) is 0 Å². The van der Waals surface area contributed by atoms with Crippen molar-refractivity contribution in [3.8, 4) is 66.8 Å². The molecule has 0 unspecified atom stereocenters. The fourth-order valence-corrected chi connectivity index (χ4v) is 19.4. The predicted molar refractivity (Wildman–Crippen MR) is 469 cm³/mol. The Kier molecular flexibility index (Phi) is 15.2. The molecule has 2 heterocycles. The Labute approximate surface area is 644 Å². The molecule has 520 valence electrons. The molecule has 2 aliphatic carbocycles. The van der Waals surface area contributed by atoms with Gasteiger partial charge in [-0.25, -0.2) is 0 Å². The van der Waals surface area contributed by atoms with Crippen LogP contribution in [0.4, 0.5) is 34.1 Å². The fraction of sp³-hybridized carbons (Fsp3) is 0.0566. The minimum absolute atomic E-state index is 0.100. The van der Waals surface area contributed by atoms with Crippen LogP contribution in [0.5, 0.6) is 0 Å². The Balaban J connectivity index is 0.000000140. The molecule has 0 N–H and O–H groups in total. The standard InChI is InChI=1S/C53H37NO.C53H37NS/c2*1-53(2)47-19-9-7-15-43(47)44-31-30-39(33-48(44)53)54(49-32-37-12-3-4-13-40(37)42-14-5-6-16-45(42)49)38-28-26-35(27-29-38)34-22-24-36(25-23-34)41-18-11-21-51-52(41)46-17-8-10-20-50(46)55-51/h2*3-33H,1-2H3. The van der Waals surface area contributed by atoms with E-state index >= 15 is 0 Å². The van der Waals surface area contributed by atoms with E-state index in [1.54, 1.807) is 0 Å². The van der Waals surface area contributed by atoms with E-state index < -0.39 is 0 Å². The van der Waals surface area contributed by atoms with Crippen molar-refractivity contribution in [1.82, 2.24) is 0 Å². The Morgan fingerprint density at radius 3 is 1.08 bits per heavy atom. The van der Waals surface area contributed by atoms with Crippen molar-refractivity contribution < 1.29 is 4.42 Å². The molecule has 0 amide bonds. The molecule has 20 aromatic rings. The molecule has 0 saturated heterocycles. The van der Waals surface area contributed by atoms with Crippen LogP contribution in [0.25, 0.3) is 152 Å². The van der Waals surface area contributed by atoms with E-state index in [1.165, 1.54) is 164 Å². The first-order valence-electron chi connectivity index (χ1n) is 38.2. The van der Waals surface area contributed by atoms with Gasteiger partial charge in [0.1, 0.15) is 11.2 Å². The van der Waals surface area contributed by atoms with E-state index in [9.17, 15) is 0 Å². The number of fused-ring (bicyclic) bond motifs is 18. The Morgan fingerprint density at radius 2 is 0.573 bits per heavy atom. The summed E-state index contributed by atoms with van der Waals surface area (Å²) in [7, 11) is 0. The van der Waals surface area contributed by atoms with Crippen molar-refractivity contribution >= 4 is 131 Å². The van der Waals surface area contributed by atoms with Gasteiger partial charge in [0.05, 0.1) is 11.4 Å². The highest BCUT2D eigenvalue weighted by atomic mass is 32.1. The van der Waals surface area contributed by atoms with Gasteiger partial charge in [0, 0.05) is 75.3 Å². The van der Waals surface area contributed by atoms with Crippen LogP contribution in [0, 0.1) is 0 Å². The van der Waals surface area contributed by atoms with Crippen LogP contribution in [0.3, 0.4) is 0 Å². The summed E-state index contributed by atoms with van der Waals surface area (Å²) in [5, 5.41) is 15.0. The number of benzene rings is 18. The molecule has 4 heteroatoms. The zero-order valence-corrected chi connectivity index (χ0v) is 62.3. The predicted octanol–water partition coefficient (Wildman–Crippen LogP) is 30.5. The molecule has 0 saturated carbocycles. The molecule has 0 radical (unpaired) electrons. The summed E-state index contributed by atoms with van der Waals surface area (Å²) in [6, 6.07) is 138. The third-order valence-corrected chi connectivity index (χ3v) is 24.9. The van der Waals surface area contributed by atoms with Gasteiger partial charge in [-0.05, 0) is 206 Å². The monoisotopic (exact) mass is 1420 g/mol. The summed E-state index contributed by atoms with van der Waals surface area (Å²) in [6.45, 7) is 9.44. The minimum Gasteiger partial charge on any atom is -0.456 e. The normalized spacial score (nSPS) is 13.1. The highest BCUT2D eigenvalue weighted by Gasteiger charge is 2.38. The van der Waals surface area contributed by atoms with Crippen LogP contribution in [0.1, 0.15) is 49.9 Å². The van der Waals surface area contributed by atoms with Gasteiger partial charge >= 0.3 is 0 Å². The van der Waals surface area contributed by atoms with Crippen LogP contribution < -0.4 is 9.80 Å². The zero-order valence-electron chi connectivity index (χ0n) is 61.5. The number of rotatable bonds is 10. The minimum atomic E-state index is -0.106. The molecule has 0 fully saturated rings. The number of para-hydroxylation sites is 1. The first kappa shape index (κ1) is 65.0. The maximum Gasteiger partial charge on any atom is 0.136 e. The molecule has 0 atom stereocenters. The van der Waals surface area contributed by atoms with Crippen LogP contribution >= 0.6 is 11.3 Å². The summed E-state index contributed by atoms with van der Waals surface area (Å²) < 4.78 is 8.86. The number of furan rings is 1. The molecular formula is C106H74N2OS. The maximum atomic E-state index is 6.19. The van der Waals surface area contributed by atoms with Crippen molar-refractivity contribution in [3.05, 3.63) is 398 Å². The number of nitrogens with zero attached hydrogens (tertiary/aromatic N) is 2. The van der Waals surface area contributed by atoms with Gasteiger partial charge < -0.3 is 14.2 Å². The Morgan fingerprint density at radius 1 is 0.227 bits per heavy atom. The molecule has 3 nitrogen and oxygen atoms in total. The van der Waals surface area contributed by atoms with Crippen molar-refractivity contribution in [2.24, 2.45) is 0 Å². The SMILES string of the molecule is CC1(C)c2ccccc2-c2ccc(N(c3ccc(-c4ccc(-c5cccc6oc7ccccc7c56)cc4)cc3)c3cc4ccccc4c4ccccc34)cc21.CC1(C)c2ccccc2-c2ccc(N(c3ccc(-c4ccc(-c5cccc6sc7ccccc7c56)cc4)cc3)c3cc4ccccc4c4ccccc34)cc21. The van der Waals surface area contributed by atoms with Gasteiger partial charge in [0.25, 0.3) is 0 Å². The average Bonchev–Trinajstić information content (AvgIpc) is 1.71. The molecule has 18 aromatic carbocycles. The second kappa shape index (κ2) is 25.7. The van der Waals surface area contributed by atoms with Gasteiger partial charge in [-0.1, -0.05) is 319 Å². The van der Waals surface area contributed by atoms with E-state index in [-0.39, 0.29) is 10.8 Å². The number of thiophene rings is 1. The molecular weight excluding hydrogens is 1350 g/mol. The topological polar surface area (TPSA) is 19.6 Å². The van der Waals surface area contributed by atoms with E-state index in [1.807, 2.05) is 23.5 Å². The second-order valence-electron chi connectivity index (χ2n) is 30.6. The lowest BCUT2D eigenvalue weighted by Gasteiger charge is -2.29. The second-order valence-corrected chi connectivity index (χ2v) is 31.7. The smallest absolute Gasteiger partial charge is 0.136 e. The zero-order chi connectivity index (χ0) is 73.3. The van der Waals surface area contributed by atoms with E-state index in [2.05, 4.69) is 401 Å². The Bertz CT molecular complexity index is 6650. The average molecular weight is 1420 g/mol. The molecule has 0 spiro atoms. The van der Waals surface area contributed by atoms with Gasteiger partial charge in [-0.15, -0.1) is 11.3 Å². The van der Waals surface area contributed by atoms with Crippen molar-refractivity contribution in [2.75, 3.05) is 9.80 Å². The first-order chi connectivity index (χ1) is 54.1. The van der Waals surface area contributed by atoms with Gasteiger partial charge in [-0.3, -0.25) is 0 Å². The van der Waals surface area contributed by atoms with Crippen molar-refractivity contribution in [3.63, 3.8) is 0 Å². The quantitative estimate of drug-likeness (QED) is 0.127. The highest BCUT2D eigenvalue weighted by Crippen LogP contribution is 2.55. The van der Waals surface area contributed by atoms with Crippen LogP contribution in [-0.2, 0) is 10.8 Å². The maximum absolute atomic E-state index is 6.19. The summed E-state index contributed by atoms with van der Waals surface area (Å²) in [4.78, 5) is 4.92. The van der Waals surface area contributed by atoms with E-state index in [0.29, 0.717) is 0 Å². The fourth-order valence-electron chi connectivity index (χ4n) is 18.3. The lowest BCUT2D eigenvalue weighted by Crippen LogP contribution is -2.16. The third kappa shape index (κ3) is 10.5. The largest absolute Gasteiger partial charge is 0.456 e. The number of hydrogen-bond acceptors (Lipinski definition) is 4. The number of hydrogen-bond donors (Lipinski definition) is 0. The molecule has 22 rings (SSSR count). The van der Waals surface area contributed by atoms with Crippen LogP contribution in [0.15, 0.2) is 381 Å². The highest BCUT2D eigenvalue weighted by molar-refractivity contribution is 7.26. The molecule has 0 bridgehead atoms. The Hall–Kier alpha value is -13.4. The van der Waals surface area contributed by atoms with Crippen molar-refractivity contribution in [1.29, 1.82) is 0 Å². The summed E-state index contributed by atoms with van der Waals surface area (Å²) >= 11 is 1.87. The third-order valence-electron chi connectivity index (χ3n) is 23.7. The molecule has 2 aliphatic rings. The van der Waals surface area contributed by atoms with Gasteiger partial charge in [-0.2, -0.15) is 0 Å². The van der Waals surface area contributed by atoms with Gasteiger partial charge in [0.2, 0.25) is 0 Å². The molecule has 0 aliphatic heterocycles. The summed E-state index contributed by atoms with van der Waals surface area (Å²) in [5.74, 6) is 0. The molecule has 2 aromatic heterocycles. The lowest BCUT2D eigenvalue weighted by atomic mass is 9.82. The number of anilines is 6. The summed E-state index contributed by atoms with van der Waals surface area (Å²) in [5.41, 5.74) is 29.0. The summed E-state index contributed by atoms with van der Waals surface area (Å²) in [6.07, 6.45) is 0.